The van der Waals surface area contributed by atoms with Gasteiger partial charge in [-0.3, -0.25) is 4.79 Å². The predicted molar refractivity (Wildman–Crippen MR) is 85.9 cm³/mol. The Morgan fingerprint density at radius 2 is 2.16 bits per heavy atom. The van der Waals surface area contributed by atoms with Crippen molar-refractivity contribution in [3.05, 3.63) is 42.5 Å². The van der Waals surface area contributed by atoms with Crippen LogP contribution in [0.5, 0.6) is 0 Å². The topological polar surface area (TPSA) is 103 Å². The zero-order chi connectivity index (χ0) is 17.1. The van der Waals surface area contributed by atoms with Gasteiger partial charge in [0.25, 0.3) is 0 Å². The van der Waals surface area contributed by atoms with E-state index in [4.69, 9.17) is 4.52 Å². The molecule has 25 heavy (non-hydrogen) atoms. The van der Waals surface area contributed by atoms with E-state index in [-0.39, 0.29) is 11.9 Å². The maximum absolute atomic E-state index is 12.6. The van der Waals surface area contributed by atoms with E-state index in [1.54, 1.807) is 4.68 Å². The Labute approximate surface area is 143 Å². The molecule has 2 aromatic heterocycles. The number of carbonyl (C=O) groups is 1. The van der Waals surface area contributed by atoms with Crippen LogP contribution in [-0.4, -0.2) is 47.7 Å². The molecular weight excluding hydrogens is 322 g/mol. The summed E-state index contributed by atoms with van der Waals surface area (Å²) in [6.45, 7) is 1.15. The Kier molecular flexibility index (Phi) is 4.19. The largest absolute Gasteiger partial charge is 0.337 e. The standard InChI is InChI=1S/C16H17N7O2/c24-14(8-10-22-11-17-20-21-22)23-9-4-7-13(23)16-18-15(19-25-16)12-5-2-1-3-6-12/h1-3,5-6,11,13H,4,7-10H2/t13-/m0/s1. The molecule has 0 N–H and O–H groups in total. The Bertz CT molecular complexity index is 831. The van der Waals surface area contributed by atoms with Gasteiger partial charge in [-0.05, 0) is 23.3 Å². The number of benzene rings is 1. The van der Waals surface area contributed by atoms with E-state index in [1.807, 2.05) is 35.2 Å². The van der Waals surface area contributed by atoms with Gasteiger partial charge in [0, 0.05) is 18.5 Å². The zero-order valence-electron chi connectivity index (χ0n) is 13.5. The van der Waals surface area contributed by atoms with E-state index >= 15 is 0 Å². The Morgan fingerprint density at radius 1 is 1.28 bits per heavy atom. The van der Waals surface area contributed by atoms with Crippen LogP contribution in [0.1, 0.15) is 31.2 Å². The summed E-state index contributed by atoms with van der Waals surface area (Å²) in [5.74, 6) is 1.08. The van der Waals surface area contributed by atoms with Gasteiger partial charge in [0.1, 0.15) is 12.4 Å². The number of rotatable bonds is 5. The second kappa shape index (κ2) is 6.80. The lowest BCUT2D eigenvalue weighted by atomic mass is 10.2. The lowest BCUT2D eigenvalue weighted by Crippen LogP contribution is -2.31. The average molecular weight is 339 g/mol. The molecule has 0 saturated carbocycles. The van der Waals surface area contributed by atoms with Crippen LogP contribution in [0.15, 0.2) is 41.2 Å². The van der Waals surface area contributed by atoms with Crippen molar-refractivity contribution in [2.45, 2.75) is 31.8 Å². The predicted octanol–water partition coefficient (Wildman–Crippen LogP) is 1.48. The molecule has 1 aliphatic rings. The number of carbonyl (C=O) groups excluding carboxylic acids is 1. The van der Waals surface area contributed by atoms with Crippen LogP contribution in [0.2, 0.25) is 0 Å². The number of aryl methyl sites for hydroxylation is 1. The van der Waals surface area contributed by atoms with Crippen molar-refractivity contribution in [3.63, 3.8) is 0 Å². The van der Waals surface area contributed by atoms with Crippen LogP contribution < -0.4 is 0 Å². The van der Waals surface area contributed by atoms with Crippen LogP contribution >= 0.6 is 0 Å². The lowest BCUT2D eigenvalue weighted by molar-refractivity contribution is -0.132. The van der Waals surface area contributed by atoms with Crippen molar-refractivity contribution in [1.82, 2.24) is 35.2 Å². The number of nitrogens with zero attached hydrogens (tertiary/aromatic N) is 7. The minimum absolute atomic E-state index is 0.0393. The molecule has 0 radical (unpaired) electrons. The third-order valence-electron chi connectivity index (χ3n) is 4.28. The summed E-state index contributed by atoms with van der Waals surface area (Å²) in [6, 6.07) is 9.49. The van der Waals surface area contributed by atoms with Gasteiger partial charge in [0.05, 0.1) is 6.54 Å². The first-order chi connectivity index (χ1) is 12.3. The number of amides is 1. The summed E-state index contributed by atoms with van der Waals surface area (Å²) < 4.78 is 6.99. The molecule has 9 heteroatoms. The van der Waals surface area contributed by atoms with Gasteiger partial charge < -0.3 is 9.42 Å². The van der Waals surface area contributed by atoms with Crippen molar-refractivity contribution in [1.29, 1.82) is 0 Å². The molecule has 0 unspecified atom stereocenters. The second-order valence-electron chi connectivity index (χ2n) is 5.89. The van der Waals surface area contributed by atoms with Crippen LogP contribution in [-0.2, 0) is 11.3 Å². The summed E-state index contributed by atoms with van der Waals surface area (Å²) in [5.41, 5.74) is 0.895. The van der Waals surface area contributed by atoms with E-state index in [0.717, 1.165) is 18.4 Å². The number of likely N-dealkylation sites (tertiary alicyclic amines) is 1. The van der Waals surface area contributed by atoms with Crippen LogP contribution in [0.4, 0.5) is 0 Å². The van der Waals surface area contributed by atoms with Crippen LogP contribution in [0.25, 0.3) is 11.4 Å². The maximum atomic E-state index is 12.6. The SMILES string of the molecule is O=C(CCn1cnnn1)N1CCC[C@H]1c1nc(-c2ccccc2)no1. The van der Waals surface area contributed by atoms with Crippen molar-refractivity contribution < 1.29 is 9.32 Å². The minimum atomic E-state index is -0.161. The fourth-order valence-corrected chi connectivity index (χ4v) is 3.03. The summed E-state index contributed by atoms with van der Waals surface area (Å²) in [6.07, 6.45) is 3.58. The average Bonchev–Trinajstić information content (AvgIpc) is 3.41. The third kappa shape index (κ3) is 3.25. The first-order valence-corrected chi connectivity index (χ1v) is 8.20. The summed E-state index contributed by atoms with van der Waals surface area (Å²) in [5, 5.41) is 15.0. The number of hydrogen-bond donors (Lipinski definition) is 0. The van der Waals surface area contributed by atoms with Crippen molar-refractivity contribution in [3.8, 4) is 11.4 Å². The molecule has 1 fully saturated rings. The second-order valence-corrected chi connectivity index (χ2v) is 5.89. The fraction of sp³-hybridized carbons (Fsp3) is 0.375. The molecule has 3 heterocycles. The van der Waals surface area contributed by atoms with Crippen LogP contribution in [0, 0.1) is 0 Å². The zero-order valence-corrected chi connectivity index (χ0v) is 13.5. The molecule has 0 bridgehead atoms. The smallest absolute Gasteiger partial charge is 0.249 e. The summed E-state index contributed by atoms with van der Waals surface area (Å²) in [7, 11) is 0. The molecule has 4 rings (SSSR count). The highest BCUT2D eigenvalue weighted by Gasteiger charge is 2.33. The van der Waals surface area contributed by atoms with Gasteiger partial charge >= 0.3 is 0 Å². The van der Waals surface area contributed by atoms with Gasteiger partial charge in [0.2, 0.25) is 17.6 Å². The van der Waals surface area contributed by atoms with Gasteiger partial charge in [-0.1, -0.05) is 35.5 Å². The molecule has 3 aromatic rings. The Balaban J connectivity index is 1.46. The van der Waals surface area contributed by atoms with E-state index < -0.39 is 0 Å². The molecule has 0 spiro atoms. The van der Waals surface area contributed by atoms with Gasteiger partial charge in [-0.2, -0.15) is 4.98 Å². The van der Waals surface area contributed by atoms with Gasteiger partial charge in [-0.25, -0.2) is 4.68 Å². The molecule has 1 aromatic carbocycles. The summed E-state index contributed by atoms with van der Waals surface area (Å²) in [4.78, 5) is 18.9. The Hall–Kier alpha value is -3.10. The molecule has 128 valence electrons. The summed E-state index contributed by atoms with van der Waals surface area (Å²) >= 11 is 0. The molecule has 1 aliphatic heterocycles. The number of tetrazole rings is 1. The van der Waals surface area contributed by atoms with Crippen molar-refractivity contribution in [2.75, 3.05) is 6.54 Å². The molecule has 1 amide bonds. The highest BCUT2D eigenvalue weighted by atomic mass is 16.5. The number of hydrogen-bond acceptors (Lipinski definition) is 7. The highest BCUT2D eigenvalue weighted by Crippen LogP contribution is 2.32. The molecular formula is C16H17N7O2. The Morgan fingerprint density at radius 3 is 2.96 bits per heavy atom. The van der Waals surface area contributed by atoms with E-state index in [0.29, 0.717) is 31.2 Å². The minimum Gasteiger partial charge on any atom is -0.337 e. The lowest BCUT2D eigenvalue weighted by Gasteiger charge is -2.21. The van der Waals surface area contributed by atoms with E-state index in [2.05, 4.69) is 25.7 Å². The first kappa shape index (κ1) is 15.4. The maximum Gasteiger partial charge on any atom is 0.249 e. The van der Waals surface area contributed by atoms with Crippen molar-refractivity contribution >= 4 is 5.91 Å². The highest BCUT2D eigenvalue weighted by molar-refractivity contribution is 5.76. The van der Waals surface area contributed by atoms with Crippen LogP contribution in [0.3, 0.4) is 0 Å². The van der Waals surface area contributed by atoms with Gasteiger partial charge in [-0.15, -0.1) is 5.10 Å². The monoisotopic (exact) mass is 339 g/mol. The molecule has 1 saturated heterocycles. The molecule has 0 aliphatic carbocycles. The van der Waals surface area contributed by atoms with Gasteiger partial charge in [0.15, 0.2) is 0 Å². The fourth-order valence-electron chi connectivity index (χ4n) is 3.03. The first-order valence-electron chi connectivity index (χ1n) is 8.20. The molecule has 1 atom stereocenters. The number of aromatic nitrogens is 6. The molecule has 9 nitrogen and oxygen atoms in total. The normalized spacial score (nSPS) is 17.1. The van der Waals surface area contributed by atoms with Crippen molar-refractivity contribution in [2.24, 2.45) is 0 Å². The van der Waals surface area contributed by atoms with E-state index in [1.165, 1.54) is 6.33 Å². The third-order valence-corrected chi connectivity index (χ3v) is 4.28. The van der Waals surface area contributed by atoms with E-state index in [9.17, 15) is 4.79 Å². The quantitative estimate of drug-likeness (QED) is 0.693.